The number of hydrogen-bond acceptors (Lipinski definition) is 6. The molecule has 28 heavy (non-hydrogen) atoms. The first-order valence-corrected chi connectivity index (χ1v) is 10.5. The molecule has 3 amide bonds. The summed E-state index contributed by atoms with van der Waals surface area (Å²) in [4.78, 5) is 38.6. The third-order valence-corrected chi connectivity index (χ3v) is 5.62. The Kier molecular flexibility index (Phi) is 7.41. The van der Waals surface area contributed by atoms with Crippen LogP contribution in [0.2, 0.25) is 0 Å². The van der Waals surface area contributed by atoms with E-state index in [1.165, 1.54) is 11.3 Å². The van der Waals surface area contributed by atoms with Gasteiger partial charge in [-0.1, -0.05) is 36.4 Å². The molecule has 0 unspecified atom stereocenters. The van der Waals surface area contributed by atoms with Crippen molar-refractivity contribution in [3.63, 3.8) is 0 Å². The Balaban J connectivity index is 1.36. The molecule has 0 atom stereocenters. The summed E-state index contributed by atoms with van der Waals surface area (Å²) in [6, 6.07) is 13.6. The van der Waals surface area contributed by atoms with Gasteiger partial charge in [-0.05, 0) is 41.3 Å². The number of imide groups is 1. The topological polar surface area (TPSA) is 75.7 Å². The summed E-state index contributed by atoms with van der Waals surface area (Å²) in [7, 11) is 0. The lowest BCUT2D eigenvalue weighted by Crippen LogP contribution is -2.39. The SMILES string of the molecule is O=C(CN1C(=O)S/C(=C/c2cccs2)C1=O)NCCCOCc1ccccc1. The van der Waals surface area contributed by atoms with Crippen molar-refractivity contribution in [1.82, 2.24) is 10.2 Å². The molecule has 8 heteroatoms. The number of rotatable bonds is 9. The van der Waals surface area contributed by atoms with E-state index in [4.69, 9.17) is 4.74 Å². The first kappa shape index (κ1) is 20.3. The molecule has 146 valence electrons. The fraction of sp³-hybridized carbons (Fsp3) is 0.250. The third-order valence-electron chi connectivity index (χ3n) is 3.89. The Bertz CT molecular complexity index is 850. The summed E-state index contributed by atoms with van der Waals surface area (Å²) in [5, 5.41) is 4.19. The quantitative estimate of drug-likeness (QED) is 0.500. The van der Waals surface area contributed by atoms with Gasteiger partial charge >= 0.3 is 0 Å². The first-order chi connectivity index (χ1) is 13.6. The van der Waals surface area contributed by atoms with Gasteiger partial charge in [-0.2, -0.15) is 0 Å². The number of carbonyl (C=O) groups is 3. The molecule has 3 rings (SSSR count). The smallest absolute Gasteiger partial charge is 0.294 e. The van der Waals surface area contributed by atoms with E-state index in [0.29, 0.717) is 31.1 Å². The van der Waals surface area contributed by atoms with Gasteiger partial charge in [0.15, 0.2) is 0 Å². The summed E-state index contributed by atoms with van der Waals surface area (Å²) in [6.07, 6.45) is 2.33. The monoisotopic (exact) mass is 416 g/mol. The van der Waals surface area contributed by atoms with Crippen molar-refractivity contribution in [1.29, 1.82) is 0 Å². The summed E-state index contributed by atoms with van der Waals surface area (Å²) < 4.78 is 5.55. The molecule has 0 bridgehead atoms. The average Bonchev–Trinajstić information content (AvgIpc) is 3.29. The van der Waals surface area contributed by atoms with Gasteiger partial charge in [0.25, 0.3) is 11.1 Å². The molecule has 0 radical (unpaired) electrons. The lowest BCUT2D eigenvalue weighted by atomic mass is 10.2. The molecule has 0 aliphatic carbocycles. The molecular formula is C20H20N2O4S2. The van der Waals surface area contributed by atoms with Crippen LogP contribution in [0.3, 0.4) is 0 Å². The predicted molar refractivity (Wildman–Crippen MR) is 111 cm³/mol. The fourth-order valence-electron chi connectivity index (χ4n) is 2.50. The highest BCUT2D eigenvalue weighted by Gasteiger charge is 2.36. The molecular weight excluding hydrogens is 396 g/mol. The number of amides is 3. The highest BCUT2D eigenvalue weighted by atomic mass is 32.2. The standard InChI is InChI=1S/C20H20N2O4S2/c23-18(21-9-5-10-26-14-15-6-2-1-3-7-15)13-22-19(24)17(28-20(22)25)12-16-8-4-11-27-16/h1-4,6-8,11-12H,5,9-10,13-14H2,(H,21,23)/b17-12+. The van der Waals surface area contributed by atoms with Gasteiger partial charge in [-0.3, -0.25) is 19.3 Å². The molecule has 1 saturated heterocycles. The Hall–Kier alpha value is -2.42. The molecule has 1 aromatic carbocycles. The van der Waals surface area contributed by atoms with Crippen LogP contribution in [0.15, 0.2) is 52.7 Å². The van der Waals surface area contributed by atoms with Crippen LogP contribution in [-0.2, 0) is 20.9 Å². The minimum absolute atomic E-state index is 0.267. The predicted octanol–water partition coefficient (Wildman–Crippen LogP) is 3.51. The van der Waals surface area contributed by atoms with E-state index in [9.17, 15) is 14.4 Å². The second-order valence-corrected chi connectivity index (χ2v) is 8.00. The van der Waals surface area contributed by atoms with E-state index < -0.39 is 11.1 Å². The van der Waals surface area contributed by atoms with Crippen LogP contribution in [0.1, 0.15) is 16.9 Å². The van der Waals surface area contributed by atoms with E-state index in [-0.39, 0.29) is 12.5 Å². The van der Waals surface area contributed by atoms with Crippen molar-refractivity contribution in [3.8, 4) is 0 Å². The van der Waals surface area contributed by atoms with Gasteiger partial charge < -0.3 is 10.1 Å². The van der Waals surface area contributed by atoms with Crippen LogP contribution < -0.4 is 5.32 Å². The summed E-state index contributed by atoms with van der Waals surface area (Å²) >= 11 is 2.34. The number of carbonyl (C=O) groups excluding carboxylic acids is 3. The molecule has 1 aliphatic rings. The van der Waals surface area contributed by atoms with E-state index in [1.807, 2.05) is 47.8 Å². The maximum absolute atomic E-state index is 12.3. The highest BCUT2D eigenvalue weighted by Crippen LogP contribution is 2.32. The van der Waals surface area contributed by atoms with E-state index in [0.717, 1.165) is 27.1 Å². The first-order valence-electron chi connectivity index (χ1n) is 8.81. The van der Waals surface area contributed by atoms with Crippen LogP contribution in [-0.4, -0.2) is 41.6 Å². The fourth-order valence-corrected chi connectivity index (χ4v) is 4.07. The number of ether oxygens (including phenoxy) is 1. The molecule has 0 saturated carbocycles. The maximum Gasteiger partial charge on any atom is 0.294 e. The van der Waals surface area contributed by atoms with Crippen LogP contribution in [0.5, 0.6) is 0 Å². The molecule has 1 aliphatic heterocycles. The van der Waals surface area contributed by atoms with Crippen LogP contribution in [0, 0.1) is 0 Å². The Morgan fingerprint density at radius 2 is 1.96 bits per heavy atom. The minimum atomic E-state index is -0.426. The van der Waals surface area contributed by atoms with Crippen molar-refractivity contribution < 1.29 is 19.1 Å². The number of hydrogen-bond donors (Lipinski definition) is 1. The molecule has 2 heterocycles. The zero-order valence-corrected chi connectivity index (χ0v) is 16.8. The Morgan fingerprint density at radius 3 is 2.71 bits per heavy atom. The van der Waals surface area contributed by atoms with Crippen LogP contribution in [0.4, 0.5) is 4.79 Å². The normalized spacial score (nSPS) is 15.4. The zero-order valence-electron chi connectivity index (χ0n) is 15.1. The van der Waals surface area contributed by atoms with Crippen molar-refractivity contribution in [2.45, 2.75) is 13.0 Å². The van der Waals surface area contributed by atoms with Crippen molar-refractivity contribution in [3.05, 3.63) is 63.2 Å². The minimum Gasteiger partial charge on any atom is -0.377 e. The lowest BCUT2D eigenvalue weighted by Gasteiger charge is -2.12. The Morgan fingerprint density at radius 1 is 1.14 bits per heavy atom. The van der Waals surface area contributed by atoms with Crippen LogP contribution in [0.25, 0.3) is 6.08 Å². The van der Waals surface area contributed by atoms with Gasteiger partial charge in [0, 0.05) is 18.0 Å². The van der Waals surface area contributed by atoms with E-state index in [1.54, 1.807) is 6.08 Å². The van der Waals surface area contributed by atoms with Crippen molar-refractivity contribution >= 4 is 46.2 Å². The number of nitrogens with zero attached hydrogens (tertiary/aromatic N) is 1. The number of thioether (sulfide) groups is 1. The summed E-state index contributed by atoms with van der Waals surface area (Å²) in [5.41, 5.74) is 1.10. The summed E-state index contributed by atoms with van der Waals surface area (Å²) in [6.45, 7) is 1.20. The lowest BCUT2D eigenvalue weighted by molar-refractivity contribution is -0.129. The molecule has 1 aromatic heterocycles. The number of nitrogens with one attached hydrogen (secondary N) is 1. The highest BCUT2D eigenvalue weighted by molar-refractivity contribution is 8.18. The molecule has 1 N–H and O–H groups in total. The van der Waals surface area contributed by atoms with Gasteiger partial charge in [0.05, 0.1) is 11.5 Å². The van der Waals surface area contributed by atoms with Gasteiger partial charge in [0.2, 0.25) is 5.91 Å². The van der Waals surface area contributed by atoms with Gasteiger partial charge in [0.1, 0.15) is 6.54 Å². The zero-order chi connectivity index (χ0) is 19.8. The summed E-state index contributed by atoms with van der Waals surface area (Å²) in [5.74, 6) is -0.785. The second kappa shape index (κ2) is 10.2. The van der Waals surface area contributed by atoms with Gasteiger partial charge in [-0.25, -0.2) is 0 Å². The number of benzene rings is 1. The molecule has 1 fully saturated rings. The third kappa shape index (κ3) is 5.79. The molecule has 2 aromatic rings. The number of thiophene rings is 1. The molecule has 6 nitrogen and oxygen atoms in total. The van der Waals surface area contributed by atoms with Crippen molar-refractivity contribution in [2.24, 2.45) is 0 Å². The Labute approximate surface area is 171 Å². The second-order valence-electron chi connectivity index (χ2n) is 6.02. The molecule has 0 spiro atoms. The van der Waals surface area contributed by atoms with E-state index >= 15 is 0 Å². The maximum atomic E-state index is 12.3. The van der Waals surface area contributed by atoms with Crippen molar-refractivity contribution in [2.75, 3.05) is 19.7 Å². The largest absolute Gasteiger partial charge is 0.377 e. The average molecular weight is 417 g/mol. The van der Waals surface area contributed by atoms with Gasteiger partial charge in [-0.15, -0.1) is 11.3 Å². The van der Waals surface area contributed by atoms with E-state index in [2.05, 4.69) is 5.32 Å². The van der Waals surface area contributed by atoms with Crippen LogP contribution >= 0.6 is 23.1 Å².